The third-order valence-electron chi connectivity index (χ3n) is 2.75. The number of carbonyl (C=O) groups is 1. The van der Waals surface area contributed by atoms with Crippen molar-refractivity contribution in [1.29, 1.82) is 0 Å². The lowest BCUT2D eigenvalue weighted by Gasteiger charge is -2.09. The molecule has 0 aliphatic rings. The van der Waals surface area contributed by atoms with Gasteiger partial charge in [0.05, 0.1) is 11.6 Å². The van der Waals surface area contributed by atoms with Crippen molar-refractivity contribution in [2.45, 2.75) is 26.2 Å². The zero-order valence-corrected chi connectivity index (χ0v) is 15.0. The Morgan fingerprint density at radius 2 is 2.00 bits per heavy atom. The molecule has 0 saturated carbocycles. The molecule has 0 spiro atoms. The van der Waals surface area contributed by atoms with Crippen LogP contribution in [0.5, 0.6) is 5.75 Å². The van der Waals surface area contributed by atoms with Gasteiger partial charge in [-0.05, 0) is 37.6 Å². The van der Waals surface area contributed by atoms with Gasteiger partial charge in [-0.2, -0.15) is 0 Å². The van der Waals surface area contributed by atoms with E-state index in [1.807, 2.05) is 0 Å². The average Bonchev–Trinajstić information content (AvgIpc) is 2.45. The summed E-state index contributed by atoms with van der Waals surface area (Å²) in [6.45, 7) is 4.99. The topological polar surface area (TPSA) is 50.4 Å². The normalized spacial score (nSPS) is 9.95. The van der Waals surface area contributed by atoms with E-state index in [4.69, 9.17) is 27.9 Å². The first-order valence-electron chi connectivity index (χ1n) is 7.18. The van der Waals surface area contributed by atoms with Gasteiger partial charge in [0.2, 0.25) is 5.91 Å². The van der Waals surface area contributed by atoms with E-state index in [2.05, 4.69) is 17.6 Å². The van der Waals surface area contributed by atoms with Gasteiger partial charge < -0.3 is 15.4 Å². The summed E-state index contributed by atoms with van der Waals surface area (Å²) in [6, 6.07) is 5.08. The third-order valence-corrected chi connectivity index (χ3v) is 3.28. The van der Waals surface area contributed by atoms with Crippen LogP contribution < -0.4 is 15.4 Å². The molecule has 1 amide bonds. The fourth-order valence-corrected chi connectivity index (χ4v) is 2.15. The fourth-order valence-electron chi connectivity index (χ4n) is 1.69. The summed E-state index contributed by atoms with van der Waals surface area (Å²) in [7, 11) is 0. The molecule has 4 nitrogen and oxygen atoms in total. The molecule has 1 rings (SSSR count). The van der Waals surface area contributed by atoms with E-state index < -0.39 is 0 Å². The predicted molar refractivity (Wildman–Crippen MR) is 94.6 cm³/mol. The maximum absolute atomic E-state index is 11.6. The van der Waals surface area contributed by atoms with Crippen molar-refractivity contribution in [3.8, 4) is 5.75 Å². The average molecular weight is 370 g/mol. The van der Waals surface area contributed by atoms with E-state index in [0.29, 0.717) is 41.8 Å². The van der Waals surface area contributed by atoms with Gasteiger partial charge in [0, 0.05) is 24.5 Å². The number of amides is 1. The number of rotatable bonds is 10. The Hall–Kier alpha value is -0.680. The van der Waals surface area contributed by atoms with Gasteiger partial charge in [0.25, 0.3) is 0 Å². The molecule has 0 radical (unpaired) electrons. The lowest BCUT2D eigenvalue weighted by atomic mass is 10.3. The van der Waals surface area contributed by atoms with Crippen LogP contribution in [-0.4, -0.2) is 32.1 Å². The van der Waals surface area contributed by atoms with Crippen molar-refractivity contribution in [3.05, 3.63) is 28.2 Å². The number of ether oxygens (including phenoxy) is 1. The van der Waals surface area contributed by atoms with Crippen LogP contribution in [0.3, 0.4) is 0 Å². The SMILES string of the molecule is CCCNCCNC(=O)CCCOc1ccc(Cl)cc1Cl.Cl. The summed E-state index contributed by atoms with van der Waals surface area (Å²) >= 11 is 11.8. The van der Waals surface area contributed by atoms with E-state index in [9.17, 15) is 4.79 Å². The molecule has 0 atom stereocenters. The molecule has 0 fully saturated rings. The lowest BCUT2D eigenvalue weighted by Crippen LogP contribution is -2.32. The summed E-state index contributed by atoms with van der Waals surface area (Å²) < 4.78 is 5.52. The van der Waals surface area contributed by atoms with E-state index in [0.717, 1.165) is 19.5 Å². The first-order chi connectivity index (χ1) is 10.1. The van der Waals surface area contributed by atoms with Crippen LogP contribution in [0.2, 0.25) is 10.0 Å². The molecule has 0 heterocycles. The maximum atomic E-state index is 11.6. The number of carbonyl (C=O) groups excluding carboxylic acids is 1. The van der Waals surface area contributed by atoms with Crippen LogP contribution in [0, 0.1) is 0 Å². The minimum atomic E-state index is 0. The molecule has 1 aromatic rings. The standard InChI is InChI=1S/C15H22Cl2N2O2.ClH/c1-2-7-18-8-9-19-15(20)4-3-10-21-14-6-5-12(16)11-13(14)17;/h5-6,11,18H,2-4,7-10H2,1H3,(H,19,20);1H. The van der Waals surface area contributed by atoms with Gasteiger partial charge in [-0.15, -0.1) is 12.4 Å². The maximum Gasteiger partial charge on any atom is 0.220 e. The molecule has 1 aromatic carbocycles. The van der Waals surface area contributed by atoms with Crippen molar-refractivity contribution in [2.24, 2.45) is 0 Å². The Morgan fingerprint density at radius 1 is 1.23 bits per heavy atom. The molecule has 0 saturated heterocycles. The van der Waals surface area contributed by atoms with Gasteiger partial charge in [-0.3, -0.25) is 4.79 Å². The molecular formula is C15H23Cl3N2O2. The minimum Gasteiger partial charge on any atom is -0.492 e. The van der Waals surface area contributed by atoms with E-state index in [-0.39, 0.29) is 18.3 Å². The van der Waals surface area contributed by atoms with Crippen LogP contribution in [0.15, 0.2) is 18.2 Å². The van der Waals surface area contributed by atoms with Crippen LogP contribution in [0.1, 0.15) is 26.2 Å². The van der Waals surface area contributed by atoms with E-state index in [1.165, 1.54) is 0 Å². The summed E-state index contributed by atoms with van der Waals surface area (Å²) in [4.78, 5) is 11.6. The Kier molecular flexibility index (Phi) is 12.4. The van der Waals surface area contributed by atoms with Gasteiger partial charge in [-0.1, -0.05) is 30.1 Å². The Morgan fingerprint density at radius 3 is 2.68 bits per heavy atom. The summed E-state index contributed by atoms with van der Waals surface area (Å²) in [6.07, 6.45) is 2.19. The Balaban J connectivity index is 0.00000441. The highest BCUT2D eigenvalue weighted by Crippen LogP contribution is 2.27. The molecule has 0 aliphatic heterocycles. The summed E-state index contributed by atoms with van der Waals surface area (Å²) in [5.74, 6) is 0.629. The zero-order valence-electron chi connectivity index (χ0n) is 12.7. The summed E-state index contributed by atoms with van der Waals surface area (Å²) in [5.41, 5.74) is 0. The van der Waals surface area contributed by atoms with E-state index in [1.54, 1.807) is 18.2 Å². The highest BCUT2D eigenvalue weighted by Gasteiger charge is 2.04. The monoisotopic (exact) mass is 368 g/mol. The largest absolute Gasteiger partial charge is 0.492 e. The van der Waals surface area contributed by atoms with Crippen molar-refractivity contribution >= 4 is 41.5 Å². The molecule has 2 N–H and O–H groups in total. The van der Waals surface area contributed by atoms with Crippen molar-refractivity contribution in [3.63, 3.8) is 0 Å². The zero-order chi connectivity index (χ0) is 15.5. The van der Waals surface area contributed by atoms with Gasteiger partial charge >= 0.3 is 0 Å². The molecular weight excluding hydrogens is 347 g/mol. The first-order valence-corrected chi connectivity index (χ1v) is 7.94. The van der Waals surface area contributed by atoms with Crippen molar-refractivity contribution < 1.29 is 9.53 Å². The predicted octanol–water partition coefficient (Wildman–Crippen LogP) is 3.69. The molecule has 0 aromatic heterocycles. The second-order valence-electron chi connectivity index (χ2n) is 4.63. The van der Waals surface area contributed by atoms with Gasteiger partial charge in [0.1, 0.15) is 5.75 Å². The van der Waals surface area contributed by atoms with Crippen LogP contribution in [0.25, 0.3) is 0 Å². The van der Waals surface area contributed by atoms with Crippen LogP contribution in [0.4, 0.5) is 0 Å². The van der Waals surface area contributed by atoms with Crippen molar-refractivity contribution in [1.82, 2.24) is 10.6 Å². The first kappa shape index (κ1) is 21.3. The van der Waals surface area contributed by atoms with Gasteiger partial charge in [-0.25, -0.2) is 0 Å². The fraction of sp³-hybridized carbons (Fsp3) is 0.533. The number of halogens is 3. The number of hydrogen-bond donors (Lipinski definition) is 2. The van der Waals surface area contributed by atoms with Crippen LogP contribution >= 0.6 is 35.6 Å². The smallest absolute Gasteiger partial charge is 0.220 e. The van der Waals surface area contributed by atoms with Crippen molar-refractivity contribution in [2.75, 3.05) is 26.2 Å². The highest BCUT2D eigenvalue weighted by molar-refractivity contribution is 6.35. The Labute approximate surface area is 148 Å². The highest BCUT2D eigenvalue weighted by atomic mass is 35.5. The molecule has 126 valence electrons. The number of benzene rings is 1. The number of nitrogens with one attached hydrogen (secondary N) is 2. The second-order valence-corrected chi connectivity index (χ2v) is 5.47. The Bertz CT molecular complexity index is 445. The minimum absolute atomic E-state index is 0. The summed E-state index contributed by atoms with van der Waals surface area (Å²) in [5, 5.41) is 7.14. The number of hydrogen-bond acceptors (Lipinski definition) is 3. The molecule has 0 bridgehead atoms. The lowest BCUT2D eigenvalue weighted by molar-refractivity contribution is -0.121. The second kappa shape index (κ2) is 12.8. The molecule has 0 aliphatic carbocycles. The molecule has 7 heteroatoms. The van der Waals surface area contributed by atoms with E-state index >= 15 is 0 Å². The van der Waals surface area contributed by atoms with Crippen LogP contribution in [-0.2, 0) is 4.79 Å². The molecule has 0 unspecified atom stereocenters. The van der Waals surface area contributed by atoms with Gasteiger partial charge in [0.15, 0.2) is 0 Å². The third kappa shape index (κ3) is 9.36. The quantitative estimate of drug-likeness (QED) is 0.618. The molecule has 22 heavy (non-hydrogen) atoms.